The second-order valence-corrected chi connectivity index (χ2v) is 11.9. The lowest BCUT2D eigenvalue weighted by Crippen LogP contribution is -2.36. The van der Waals surface area contributed by atoms with Gasteiger partial charge in [-0.3, -0.25) is 4.99 Å². The first kappa shape index (κ1) is 25.0. The van der Waals surface area contributed by atoms with Gasteiger partial charge in [-0.2, -0.15) is 0 Å². The smallest absolute Gasteiger partial charge is 0.154 e. The third-order valence-corrected chi connectivity index (χ3v) is 8.95. The Morgan fingerprint density at radius 1 is 0.850 bits per heavy atom. The molecule has 0 saturated carbocycles. The topological polar surface area (TPSA) is 36.8 Å². The number of dihydropyridines is 1. The molecule has 6 aliphatic rings. The summed E-state index contributed by atoms with van der Waals surface area (Å²) in [4.78, 5) is 10.6. The van der Waals surface area contributed by atoms with Crippen LogP contribution in [-0.2, 0) is 0 Å². The highest BCUT2D eigenvalue weighted by molar-refractivity contribution is 6.11. The predicted octanol–water partition coefficient (Wildman–Crippen LogP) is 5.98. The van der Waals surface area contributed by atoms with E-state index in [1.807, 2.05) is 0 Å². The van der Waals surface area contributed by atoms with Crippen LogP contribution in [0.1, 0.15) is 31.7 Å². The molecule has 5 atom stereocenters. The number of rotatable bonds is 4. The molecule has 0 aromatic heterocycles. The maximum Gasteiger partial charge on any atom is 0.154 e. The standard InChI is InChI=1S/C37H37N3/c1-24-6-8-30-21-32(16-14-28(30)19-24)36-23-35(27-12-10-26(11-13-27)34-5-3-4-18-38-34)39-37(40-36)33-17-15-29-20-25(2)7-9-31(29)22-33/h3-12,14-15,17,19-22,27,29,31-32,36,38H,13,16,18,23H2,1-2H3. The summed E-state index contributed by atoms with van der Waals surface area (Å²) in [7, 11) is 0. The summed E-state index contributed by atoms with van der Waals surface area (Å²) < 4.78 is 0. The van der Waals surface area contributed by atoms with E-state index in [0.29, 0.717) is 23.7 Å². The van der Waals surface area contributed by atoms with Crippen molar-refractivity contribution in [3.63, 3.8) is 0 Å². The van der Waals surface area contributed by atoms with Crippen LogP contribution < -0.4 is 15.8 Å². The monoisotopic (exact) mass is 523 g/mol. The fourth-order valence-electron chi connectivity index (χ4n) is 6.66. The Balaban J connectivity index is 1.20. The van der Waals surface area contributed by atoms with Gasteiger partial charge >= 0.3 is 0 Å². The van der Waals surface area contributed by atoms with Crippen LogP contribution in [-0.4, -0.2) is 24.1 Å². The number of allylic oxidation sites excluding steroid dienone is 11. The van der Waals surface area contributed by atoms with Gasteiger partial charge in [-0.25, -0.2) is 4.99 Å². The third kappa shape index (κ3) is 5.01. The maximum absolute atomic E-state index is 5.36. The summed E-state index contributed by atoms with van der Waals surface area (Å²) in [6, 6.07) is 6.98. The molecule has 0 spiro atoms. The molecule has 4 aliphatic carbocycles. The van der Waals surface area contributed by atoms with E-state index in [2.05, 4.69) is 122 Å². The van der Waals surface area contributed by atoms with E-state index < -0.39 is 0 Å². The molecule has 5 unspecified atom stereocenters. The molecule has 0 radical (unpaired) electrons. The number of fused-ring (bicyclic) bond motifs is 2. The average molecular weight is 524 g/mol. The Morgan fingerprint density at radius 3 is 2.58 bits per heavy atom. The average Bonchev–Trinajstić information content (AvgIpc) is 3.01. The normalized spacial score (nSPS) is 30.2. The van der Waals surface area contributed by atoms with Gasteiger partial charge in [0.05, 0.1) is 6.04 Å². The van der Waals surface area contributed by atoms with Crippen LogP contribution in [0, 0.1) is 30.6 Å². The fourth-order valence-corrected chi connectivity index (χ4v) is 6.66. The van der Waals surface area contributed by atoms with E-state index in [9.17, 15) is 0 Å². The van der Waals surface area contributed by atoms with Gasteiger partial charge in [0, 0.05) is 53.6 Å². The van der Waals surface area contributed by atoms with Gasteiger partial charge in [0.2, 0.25) is 0 Å². The fraction of sp³-hybridized carbons (Fsp3) is 0.297. The van der Waals surface area contributed by atoms with Gasteiger partial charge in [0.1, 0.15) is 0 Å². The number of hydrogen-bond acceptors (Lipinski definition) is 3. The van der Waals surface area contributed by atoms with Gasteiger partial charge in [-0.05, 0) is 48.8 Å². The van der Waals surface area contributed by atoms with Crippen molar-refractivity contribution in [2.24, 2.45) is 33.7 Å². The molecule has 200 valence electrons. The van der Waals surface area contributed by atoms with Gasteiger partial charge < -0.3 is 5.32 Å². The van der Waals surface area contributed by atoms with Gasteiger partial charge in [-0.15, -0.1) is 0 Å². The van der Waals surface area contributed by atoms with Crippen LogP contribution in [0.15, 0.2) is 124 Å². The van der Waals surface area contributed by atoms with Crippen molar-refractivity contribution in [1.29, 1.82) is 0 Å². The van der Waals surface area contributed by atoms with Crippen molar-refractivity contribution in [2.75, 3.05) is 6.54 Å². The molecule has 3 nitrogen and oxygen atoms in total. The first-order valence-electron chi connectivity index (χ1n) is 14.8. The van der Waals surface area contributed by atoms with E-state index in [0.717, 1.165) is 37.2 Å². The minimum Gasteiger partial charge on any atom is -0.381 e. The molecule has 1 aromatic carbocycles. The van der Waals surface area contributed by atoms with Crippen molar-refractivity contribution in [3.8, 4) is 0 Å². The molecule has 2 heterocycles. The molecule has 0 saturated heterocycles. The predicted molar refractivity (Wildman–Crippen MR) is 168 cm³/mol. The zero-order chi connectivity index (χ0) is 27.1. The molecular weight excluding hydrogens is 486 g/mol. The van der Waals surface area contributed by atoms with E-state index in [1.54, 1.807) is 0 Å². The molecule has 1 N–H and O–H groups in total. The first-order valence-corrected chi connectivity index (χ1v) is 14.8. The zero-order valence-electron chi connectivity index (χ0n) is 23.4. The molecular formula is C37H37N3. The molecule has 3 heteroatoms. The lowest BCUT2D eigenvalue weighted by Gasteiger charge is -2.31. The van der Waals surface area contributed by atoms with Crippen LogP contribution in [0.4, 0.5) is 0 Å². The third-order valence-electron chi connectivity index (χ3n) is 8.95. The Hall–Kier alpha value is -3.98. The first-order chi connectivity index (χ1) is 19.6. The summed E-state index contributed by atoms with van der Waals surface area (Å²) in [5.41, 5.74) is 7.57. The van der Waals surface area contributed by atoms with Crippen LogP contribution in [0.25, 0.3) is 12.2 Å². The van der Waals surface area contributed by atoms with Crippen LogP contribution >= 0.6 is 0 Å². The lowest BCUT2D eigenvalue weighted by molar-refractivity contribution is 0.539. The maximum atomic E-state index is 5.36. The number of amidine groups is 1. The number of aryl methyl sites for hydroxylation is 1. The highest BCUT2D eigenvalue weighted by Gasteiger charge is 2.31. The number of nitrogens with one attached hydrogen (secondary N) is 1. The van der Waals surface area contributed by atoms with E-state index >= 15 is 0 Å². The van der Waals surface area contributed by atoms with Crippen molar-refractivity contribution >= 4 is 23.7 Å². The van der Waals surface area contributed by atoms with Crippen molar-refractivity contribution in [1.82, 2.24) is 5.32 Å². The minimum atomic E-state index is 0.191. The van der Waals surface area contributed by atoms with E-state index in [1.165, 1.54) is 38.6 Å². The Labute approximate surface area is 237 Å². The largest absolute Gasteiger partial charge is 0.381 e. The van der Waals surface area contributed by atoms with Gasteiger partial charge in [-0.1, -0.05) is 108 Å². The molecule has 7 rings (SSSR count). The van der Waals surface area contributed by atoms with Gasteiger partial charge in [0.15, 0.2) is 5.84 Å². The number of aliphatic imine (C=N–C) groups is 2. The Kier molecular flexibility index (Phi) is 6.59. The summed E-state index contributed by atoms with van der Waals surface area (Å²) in [5, 5.41) is 6.19. The van der Waals surface area contributed by atoms with Crippen LogP contribution in [0.3, 0.4) is 0 Å². The van der Waals surface area contributed by atoms with Crippen molar-refractivity contribution in [3.05, 3.63) is 130 Å². The van der Waals surface area contributed by atoms with Crippen molar-refractivity contribution in [2.45, 2.75) is 39.2 Å². The van der Waals surface area contributed by atoms with E-state index in [-0.39, 0.29) is 6.04 Å². The molecule has 0 fully saturated rings. The zero-order valence-corrected chi connectivity index (χ0v) is 23.4. The molecule has 0 amide bonds. The second kappa shape index (κ2) is 10.5. The van der Waals surface area contributed by atoms with E-state index in [4.69, 9.17) is 9.98 Å². The number of benzene rings is 1. The molecule has 1 aromatic rings. The number of hydrogen-bond donors (Lipinski definition) is 1. The number of nitrogens with zero attached hydrogens (tertiary/aromatic N) is 2. The lowest BCUT2D eigenvalue weighted by atomic mass is 9.80. The SMILES string of the molecule is CC1=CC2C=CC(C3=NC(C4C=c5ccc(C)cc5=CC4)CC(C4C=CC(C5=CC=CCN5)=CC4)=N3)=CC2C=C1. The van der Waals surface area contributed by atoms with Crippen LogP contribution in [0.5, 0.6) is 0 Å². The minimum absolute atomic E-state index is 0.191. The van der Waals surface area contributed by atoms with Gasteiger partial charge in [0.25, 0.3) is 0 Å². The summed E-state index contributed by atoms with van der Waals surface area (Å²) in [6.45, 7) is 5.24. The quantitative estimate of drug-likeness (QED) is 0.518. The van der Waals surface area contributed by atoms with Crippen molar-refractivity contribution < 1.29 is 0 Å². The molecule has 0 bridgehead atoms. The summed E-state index contributed by atoms with van der Waals surface area (Å²) in [6.07, 6.45) is 35.1. The summed E-state index contributed by atoms with van der Waals surface area (Å²) in [5.74, 6) is 2.40. The Morgan fingerprint density at radius 2 is 1.73 bits per heavy atom. The Bertz CT molecular complexity index is 1660. The van der Waals surface area contributed by atoms with Crippen LogP contribution in [0.2, 0.25) is 0 Å². The highest BCUT2D eigenvalue weighted by atomic mass is 15.0. The molecule has 40 heavy (non-hydrogen) atoms. The highest BCUT2D eigenvalue weighted by Crippen LogP contribution is 2.34. The second-order valence-electron chi connectivity index (χ2n) is 11.9. The summed E-state index contributed by atoms with van der Waals surface area (Å²) >= 11 is 0. The molecule has 2 aliphatic heterocycles.